The smallest absolute Gasteiger partial charge is 0.412 e. The Balaban J connectivity index is 1.46. The number of amides is 3. The maximum Gasteiger partial charge on any atom is 0.412 e. The van der Waals surface area contributed by atoms with Crippen LogP contribution in [0.2, 0.25) is 0 Å². The maximum atomic E-state index is 13.7. The number of carbonyl (C=O) groups excluding carboxylic acids is 4. The van der Waals surface area contributed by atoms with E-state index in [4.69, 9.17) is 14.2 Å². The van der Waals surface area contributed by atoms with Gasteiger partial charge in [-0.25, -0.2) is 14.4 Å². The van der Waals surface area contributed by atoms with Crippen LogP contribution in [0.4, 0.5) is 14.6 Å². The van der Waals surface area contributed by atoms with Gasteiger partial charge in [-0.1, -0.05) is 48.5 Å². The van der Waals surface area contributed by atoms with Gasteiger partial charge in [0.1, 0.15) is 22.8 Å². The van der Waals surface area contributed by atoms with E-state index in [2.05, 4.69) is 5.32 Å². The van der Waals surface area contributed by atoms with E-state index in [-0.39, 0.29) is 42.6 Å². The molecule has 0 radical (unpaired) electrons. The Morgan fingerprint density at radius 1 is 0.911 bits per heavy atom. The van der Waals surface area contributed by atoms with Crippen molar-refractivity contribution in [3.63, 3.8) is 0 Å². The van der Waals surface area contributed by atoms with Crippen LogP contribution in [0.3, 0.4) is 0 Å². The summed E-state index contributed by atoms with van der Waals surface area (Å²) in [6, 6.07) is 16.2. The Bertz CT molecular complexity index is 1600. The molecule has 1 aromatic heterocycles. The summed E-state index contributed by atoms with van der Waals surface area (Å²) in [6.45, 7) is 11.5. The topological polar surface area (TPSA) is 114 Å². The lowest BCUT2D eigenvalue weighted by Crippen LogP contribution is -2.51. The molecule has 0 unspecified atom stereocenters. The molecule has 2 aromatic carbocycles. The van der Waals surface area contributed by atoms with E-state index in [0.717, 1.165) is 11.1 Å². The number of rotatable bonds is 6. The van der Waals surface area contributed by atoms with Crippen LogP contribution >= 0.6 is 11.3 Å². The Kier molecular flexibility index (Phi) is 8.93. The predicted molar refractivity (Wildman–Crippen MR) is 170 cm³/mol. The van der Waals surface area contributed by atoms with Crippen molar-refractivity contribution in [2.75, 3.05) is 11.9 Å². The van der Waals surface area contributed by atoms with Crippen molar-refractivity contribution in [2.45, 2.75) is 84.9 Å². The summed E-state index contributed by atoms with van der Waals surface area (Å²) in [6.07, 6.45) is -0.991. The molecule has 238 valence electrons. The molecule has 45 heavy (non-hydrogen) atoms. The molecule has 2 aliphatic heterocycles. The molecule has 3 aromatic rings. The summed E-state index contributed by atoms with van der Waals surface area (Å²) in [5.74, 6) is -0.700. The molecule has 3 amide bonds. The first-order valence-corrected chi connectivity index (χ1v) is 15.7. The fourth-order valence-electron chi connectivity index (χ4n) is 5.38. The van der Waals surface area contributed by atoms with Crippen molar-refractivity contribution in [3.8, 4) is 0 Å². The van der Waals surface area contributed by atoms with Gasteiger partial charge in [0, 0.05) is 23.5 Å². The van der Waals surface area contributed by atoms with Gasteiger partial charge in [-0.3, -0.25) is 15.0 Å². The molecule has 0 saturated heterocycles. The maximum absolute atomic E-state index is 13.7. The molecular weight excluding hydrogens is 594 g/mol. The quantitative estimate of drug-likeness (QED) is 0.235. The number of thiophene rings is 1. The van der Waals surface area contributed by atoms with Crippen molar-refractivity contribution in [1.82, 2.24) is 9.80 Å². The second-order valence-corrected chi connectivity index (χ2v) is 14.3. The Morgan fingerprint density at radius 3 is 2.24 bits per heavy atom. The Hall–Kier alpha value is -4.38. The number of anilines is 1. The summed E-state index contributed by atoms with van der Waals surface area (Å²) >= 11 is 1.20. The number of nitrogens with zero attached hydrogens (tertiary/aromatic N) is 2. The fourth-order valence-corrected chi connectivity index (χ4v) is 6.59. The summed E-state index contributed by atoms with van der Waals surface area (Å²) in [5, 5.41) is 3.03. The first-order valence-electron chi connectivity index (χ1n) is 14.9. The van der Waals surface area contributed by atoms with E-state index in [1.165, 1.54) is 11.3 Å². The van der Waals surface area contributed by atoms with Crippen molar-refractivity contribution in [1.29, 1.82) is 0 Å². The molecule has 10 nitrogen and oxygen atoms in total. The highest BCUT2D eigenvalue weighted by Gasteiger charge is 2.41. The highest BCUT2D eigenvalue weighted by Crippen LogP contribution is 2.41. The molecule has 0 bridgehead atoms. The number of ether oxygens (including phenoxy) is 3. The summed E-state index contributed by atoms with van der Waals surface area (Å²) in [7, 11) is 0. The second kappa shape index (κ2) is 12.5. The molecule has 2 aliphatic rings. The standard InChI is InChI=1S/C34H39N3O7S/c1-33(2,3)43-30(39)27-25-16-23(18-36-17-22-14-10-11-15-24(22)29(36)38)37(32(41)44-34(4,5)6)19-26(25)45-28(27)35-31(40)42-20-21-12-8-7-9-13-21/h7-15,23H,16-20H2,1-6H3,(H,35,40)/t23-/m0/s1. The van der Waals surface area contributed by atoms with Crippen LogP contribution in [0.25, 0.3) is 0 Å². The summed E-state index contributed by atoms with van der Waals surface area (Å²) in [5.41, 5.74) is 1.75. The van der Waals surface area contributed by atoms with Crippen LogP contribution < -0.4 is 5.32 Å². The average Bonchev–Trinajstić information content (AvgIpc) is 3.46. The molecule has 5 rings (SSSR count). The van der Waals surface area contributed by atoms with Gasteiger partial charge in [-0.05, 0) is 70.7 Å². The number of carbonyl (C=O) groups is 4. The molecule has 1 N–H and O–H groups in total. The van der Waals surface area contributed by atoms with Gasteiger partial charge in [0.05, 0.1) is 18.2 Å². The van der Waals surface area contributed by atoms with E-state index in [1.54, 1.807) is 57.4 Å². The van der Waals surface area contributed by atoms with Crippen LogP contribution in [0.15, 0.2) is 54.6 Å². The molecule has 0 fully saturated rings. The predicted octanol–water partition coefficient (Wildman–Crippen LogP) is 6.77. The molecule has 0 aliphatic carbocycles. The minimum absolute atomic E-state index is 0.0558. The molecule has 11 heteroatoms. The number of fused-ring (bicyclic) bond motifs is 2. The van der Waals surface area contributed by atoms with Gasteiger partial charge < -0.3 is 19.1 Å². The Morgan fingerprint density at radius 2 is 1.58 bits per heavy atom. The fraction of sp³-hybridized carbons (Fsp3) is 0.412. The van der Waals surface area contributed by atoms with Crippen LogP contribution in [-0.2, 0) is 40.3 Å². The minimum Gasteiger partial charge on any atom is -0.456 e. The van der Waals surface area contributed by atoms with Gasteiger partial charge in [0.2, 0.25) is 0 Å². The van der Waals surface area contributed by atoms with E-state index in [9.17, 15) is 19.2 Å². The number of hydrogen-bond donors (Lipinski definition) is 1. The normalized spacial score (nSPS) is 16.1. The number of esters is 1. The third-order valence-electron chi connectivity index (χ3n) is 7.27. The lowest BCUT2D eigenvalue weighted by Gasteiger charge is -2.38. The van der Waals surface area contributed by atoms with E-state index in [1.807, 2.05) is 48.5 Å². The molecule has 0 saturated carbocycles. The van der Waals surface area contributed by atoms with Crippen LogP contribution in [0.1, 0.15) is 83.8 Å². The third-order valence-corrected chi connectivity index (χ3v) is 8.40. The lowest BCUT2D eigenvalue weighted by atomic mass is 9.95. The highest BCUT2D eigenvalue weighted by atomic mass is 32.1. The lowest BCUT2D eigenvalue weighted by molar-refractivity contribution is 0.00611. The highest BCUT2D eigenvalue weighted by molar-refractivity contribution is 7.17. The van der Waals surface area contributed by atoms with Crippen molar-refractivity contribution in [3.05, 3.63) is 87.3 Å². The zero-order chi connectivity index (χ0) is 32.5. The second-order valence-electron chi connectivity index (χ2n) is 13.2. The number of nitrogens with one attached hydrogen (secondary N) is 1. The zero-order valence-electron chi connectivity index (χ0n) is 26.5. The van der Waals surface area contributed by atoms with E-state index in [0.29, 0.717) is 22.5 Å². The summed E-state index contributed by atoms with van der Waals surface area (Å²) < 4.78 is 17.0. The Labute approximate surface area is 267 Å². The van der Waals surface area contributed by atoms with Gasteiger partial charge in [-0.15, -0.1) is 11.3 Å². The van der Waals surface area contributed by atoms with Crippen LogP contribution in [-0.4, -0.2) is 57.7 Å². The van der Waals surface area contributed by atoms with Crippen molar-refractivity contribution < 1.29 is 33.4 Å². The van der Waals surface area contributed by atoms with Gasteiger partial charge in [-0.2, -0.15) is 0 Å². The van der Waals surface area contributed by atoms with Gasteiger partial charge >= 0.3 is 18.2 Å². The van der Waals surface area contributed by atoms with Crippen LogP contribution in [0.5, 0.6) is 0 Å². The first kappa shape index (κ1) is 32.0. The van der Waals surface area contributed by atoms with Gasteiger partial charge in [0.15, 0.2) is 0 Å². The van der Waals surface area contributed by atoms with Crippen molar-refractivity contribution in [2.24, 2.45) is 0 Å². The van der Waals surface area contributed by atoms with E-state index >= 15 is 0 Å². The number of hydrogen-bond acceptors (Lipinski definition) is 8. The largest absolute Gasteiger partial charge is 0.456 e. The molecule has 3 heterocycles. The zero-order valence-corrected chi connectivity index (χ0v) is 27.3. The molecule has 0 spiro atoms. The summed E-state index contributed by atoms with van der Waals surface area (Å²) in [4.78, 5) is 57.5. The van der Waals surface area contributed by atoms with E-state index < -0.39 is 35.4 Å². The molecule has 1 atom stereocenters. The average molecular weight is 634 g/mol. The molecular formula is C34H39N3O7S. The third kappa shape index (κ3) is 7.65. The number of benzene rings is 2. The van der Waals surface area contributed by atoms with Crippen molar-refractivity contribution >= 4 is 40.4 Å². The van der Waals surface area contributed by atoms with Crippen LogP contribution in [0, 0.1) is 0 Å². The SMILES string of the molecule is CC(C)(C)OC(=O)c1c(NC(=O)OCc2ccccc2)sc2c1C[C@@H](CN1Cc3ccccc3C1=O)N(C(=O)OC(C)(C)C)C2. The van der Waals surface area contributed by atoms with Gasteiger partial charge in [0.25, 0.3) is 5.91 Å². The monoisotopic (exact) mass is 633 g/mol. The first-order chi connectivity index (χ1) is 21.2. The minimum atomic E-state index is -0.790.